The van der Waals surface area contributed by atoms with E-state index in [0.29, 0.717) is 25.3 Å². The first-order valence-electron chi connectivity index (χ1n) is 7.10. The maximum Gasteiger partial charge on any atom is 0.223 e. The molecule has 1 aromatic heterocycles. The summed E-state index contributed by atoms with van der Waals surface area (Å²) in [6.45, 7) is 0.697. The first-order valence-corrected chi connectivity index (χ1v) is 7.10. The summed E-state index contributed by atoms with van der Waals surface area (Å²) in [7, 11) is 0. The lowest BCUT2D eigenvalue weighted by Crippen LogP contribution is -2.41. The van der Waals surface area contributed by atoms with Gasteiger partial charge in [-0.05, 0) is 49.3 Å². The van der Waals surface area contributed by atoms with Crippen LogP contribution in [0.25, 0.3) is 0 Å². The molecule has 0 spiro atoms. The fourth-order valence-electron chi connectivity index (χ4n) is 2.84. The highest BCUT2D eigenvalue weighted by atomic mass is 16.3. The molecule has 1 saturated heterocycles. The van der Waals surface area contributed by atoms with E-state index in [2.05, 4.69) is 4.98 Å². The molecule has 1 aliphatic heterocycles. The normalized spacial score (nSPS) is 26.7. The van der Waals surface area contributed by atoms with E-state index in [-0.39, 0.29) is 11.9 Å². The van der Waals surface area contributed by atoms with E-state index in [0.717, 1.165) is 12.0 Å². The van der Waals surface area contributed by atoms with Gasteiger partial charge in [-0.25, -0.2) is 0 Å². The molecule has 0 bridgehead atoms. The van der Waals surface area contributed by atoms with Crippen molar-refractivity contribution >= 4 is 5.91 Å². The van der Waals surface area contributed by atoms with E-state index in [9.17, 15) is 9.90 Å². The van der Waals surface area contributed by atoms with E-state index < -0.39 is 6.10 Å². The molecule has 0 aromatic carbocycles. The minimum absolute atomic E-state index is 0.0614. The molecule has 1 aliphatic carbocycles. The number of amides is 1. The summed E-state index contributed by atoms with van der Waals surface area (Å²) in [6.07, 6.45) is 7.59. The number of hydrogen-bond acceptors (Lipinski definition) is 3. The molecule has 0 radical (unpaired) electrons. The molecule has 2 heterocycles. The topological polar surface area (TPSA) is 53.4 Å². The zero-order valence-electron chi connectivity index (χ0n) is 11.0. The Morgan fingerprint density at radius 3 is 2.74 bits per heavy atom. The van der Waals surface area contributed by atoms with E-state index in [4.69, 9.17) is 0 Å². The van der Waals surface area contributed by atoms with Crippen molar-refractivity contribution in [1.82, 2.24) is 9.88 Å². The number of aliphatic hydroxyl groups excluding tert-OH is 1. The summed E-state index contributed by atoms with van der Waals surface area (Å²) in [6, 6.07) is 3.84. The van der Waals surface area contributed by atoms with Crippen molar-refractivity contribution in [2.75, 3.05) is 6.54 Å². The number of pyridine rings is 1. The first-order chi connectivity index (χ1) is 9.24. The van der Waals surface area contributed by atoms with Gasteiger partial charge in [0, 0.05) is 25.4 Å². The Labute approximate surface area is 113 Å². The van der Waals surface area contributed by atoms with Crippen LogP contribution in [-0.2, 0) is 11.2 Å². The van der Waals surface area contributed by atoms with Crippen molar-refractivity contribution in [1.29, 1.82) is 0 Å². The van der Waals surface area contributed by atoms with Crippen LogP contribution in [-0.4, -0.2) is 39.6 Å². The maximum absolute atomic E-state index is 12.2. The van der Waals surface area contributed by atoms with Crippen molar-refractivity contribution in [3.63, 3.8) is 0 Å². The smallest absolute Gasteiger partial charge is 0.223 e. The van der Waals surface area contributed by atoms with Crippen molar-refractivity contribution in [3.05, 3.63) is 30.1 Å². The zero-order chi connectivity index (χ0) is 13.2. The fraction of sp³-hybridized carbons (Fsp3) is 0.600. The Kier molecular flexibility index (Phi) is 3.51. The van der Waals surface area contributed by atoms with E-state index in [1.165, 1.54) is 12.8 Å². The minimum atomic E-state index is -0.392. The number of nitrogens with zero attached hydrogens (tertiary/aromatic N) is 2. The largest absolute Gasteiger partial charge is 0.391 e. The lowest BCUT2D eigenvalue weighted by molar-refractivity contribution is -0.133. The number of aliphatic hydroxyl groups is 1. The number of carbonyl (C=O) groups is 1. The van der Waals surface area contributed by atoms with Crippen LogP contribution in [0.5, 0.6) is 0 Å². The Morgan fingerprint density at radius 2 is 2.05 bits per heavy atom. The van der Waals surface area contributed by atoms with Crippen LogP contribution < -0.4 is 0 Å². The molecule has 1 aromatic rings. The second-order valence-corrected chi connectivity index (χ2v) is 5.72. The average molecular weight is 260 g/mol. The molecule has 1 N–H and O–H groups in total. The molecule has 19 heavy (non-hydrogen) atoms. The molecular weight excluding hydrogens is 240 g/mol. The number of carbonyl (C=O) groups excluding carboxylic acids is 1. The van der Waals surface area contributed by atoms with Gasteiger partial charge in [0.15, 0.2) is 0 Å². The fourth-order valence-corrected chi connectivity index (χ4v) is 2.84. The molecule has 2 aliphatic rings. The predicted octanol–water partition coefficient (Wildman–Crippen LogP) is 1.39. The highest BCUT2D eigenvalue weighted by Crippen LogP contribution is 2.34. The van der Waals surface area contributed by atoms with Gasteiger partial charge in [-0.1, -0.05) is 0 Å². The number of aromatic nitrogens is 1. The van der Waals surface area contributed by atoms with Crippen LogP contribution in [0, 0.1) is 5.92 Å². The van der Waals surface area contributed by atoms with Gasteiger partial charge in [-0.3, -0.25) is 9.78 Å². The Morgan fingerprint density at radius 1 is 1.32 bits per heavy atom. The molecule has 4 nitrogen and oxygen atoms in total. The van der Waals surface area contributed by atoms with E-state index in [1.807, 2.05) is 17.0 Å². The molecule has 2 fully saturated rings. The number of likely N-dealkylation sites (tertiary alicyclic amines) is 1. The molecular formula is C15H20N2O2. The molecule has 1 amide bonds. The lowest BCUT2D eigenvalue weighted by Gasteiger charge is -2.26. The van der Waals surface area contributed by atoms with Gasteiger partial charge < -0.3 is 10.0 Å². The van der Waals surface area contributed by atoms with Gasteiger partial charge in [0.1, 0.15) is 0 Å². The highest BCUT2D eigenvalue weighted by Gasteiger charge is 2.37. The molecule has 1 saturated carbocycles. The average Bonchev–Trinajstić information content (AvgIpc) is 3.15. The van der Waals surface area contributed by atoms with Crippen LogP contribution in [0.1, 0.15) is 31.2 Å². The van der Waals surface area contributed by atoms with E-state index in [1.54, 1.807) is 12.4 Å². The number of rotatable bonds is 4. The SMILES string of the molecule is O=C(CC1CC1)N1CC[C@@H](O)[C@@H]1Cc1ccncc1. The van der Waals surface area contributed by atoms with Crippen LogP contribution >= 0.6 is 0 Å². The van der Waals surface area contributed by atoms with Gasteiger partial charge in [-0.2, -0.15) is 0 Å². The van der Waals surface area contributed by atoms with Gasteiger partial charge in [0.2, 0.25) is 5.91 Å². The highest BCUT2D eigenvalue weighted by molar-refractivity contribution is 5.77. The Bertz CT molecular complexity index is 445. The lowest BCUT2D eigenvalue weighted by atomic mass is 10.0. The molecule has 0 unspecified atom stereocenters. The Balaban J connectivity index is 1.67. The third-order valence-electron chi connectivity index (χ3n) is 4.19. The summed E-state index contributed by atoms with van der Waals surface area (Å²) in [5, 5.41) is 10.1. The third kappa shape index (κ3) is 2.95. The molecule has 4 heteroatoms. The van der Waals surface area contributed by atoms with Gasteiger partial charge in [0.25, 0.3) is 0 Å². The first kappa shape index (κ1) is 12.6. The van der Waals surface area contributed by atoms with Gasteiger partial charge in [-0.15, -0.1) is 0 Å². The second kappa shape index (κ2) is 5.29. The summed E-state index contributed by atoms with van der Waals surface area (Å²) in [5.41, 5.74) is 1.13. The predicted molar refractivity (Wildman–Crippen MR) is 71.4 cm³/mol. The Hall–Kier alpha value is -1.42. The van der Waals surface area contributed by atoms with Crippen LogP contribution in [0.2, 0.25) is 0 Å². The van der Waals surface area contributed by atoms with Crippen LogP contribution in [0.15, 0.2) is 24.5 Å². The summed E-state index contributed by atoms with van der Waals surface area (Å²) >= 11 is 0. The minimum Gasteiger partial charge on any atom is -0.391 e. The third-order valence-corrected chi connectivity index (χ3v) is 4.19. The second-order valence-electron chi connectivity index (χ2n) is 5.72. The molecule has 102 valence electrons. The monoisotopic (exact) mass is 260 g/mol. The summed E-state index contributed by atoms with van der Waals surface area (Å²) < 4.78 is 0. The standard InChI is InChI=1S/C15H20N2O2/c18-14-5-8-17(15(19)10-11-1-2-11)13(14)9-12-3-6-16-7-4-12/h3-4,6-7,11,13-14,18H,1-2,5,8-10H2/t13-,14+/m0/s1. The van der Waals surface area contributed by atoms with Gasteiger partial charge >= 0.3 is 0 Å². The van der Waals surface area contributed by atoms with Crippen LogP contribution in [0.4, 0.5) is 0 Å². The van der Waals surface area contributed by atoms with Crippen molar-refractivity contribution < 1.29 is 9.90 Å². The van der Waals surface area contributed by atoms with Crippen molar-refractivity contribution in [2.24, 2.45) is 5.92 Å². The number of hydrogen-bond donors (Lipinski definition) is 1. The van der Waals surface area contributed by atoms with E-state index >= 15 is 0 Å². The van der Waals surface area contributed by atoms with Gasteiger partial charge in [0.05, 0.1) is 12.1 Å². The maximum atomic E-state index is 12.2. The zero-order valence-corrected chi connectivity index (χ0v) is 11.0. The summed E-state index contributed by atoms with van der Waals surface area (Å²) in [5.74, 6) is 0.824. The molecule has 3 rings (SSSR count). The molecule has 2 atom stereocenters. The van der Waals surface area contributed by atoms with Crippen molar-refractivity contribution in [2.45, 2.75) is 44.2 Å². The van der Waals surface area contributed by atoms with Crippen LogP contribution in [0.3, 0.4) is 0 Å². The quantitative estimate of drug-likeness (QED) is 0.890. The summed E-state index contributed by atoms with van der Waals surface area (Å²) in [4.78, 5) is 18.1. The van der Waals surface area contributed by atoms with Crippen molar-refractivity contribution in [3.8, 4) is 0 Å².